The number of phenolic OH excluding ortho intramolecular Hbond substituents is 1. The Morgan fingerprint density at radius 3 is 1.65 bits per heavy atom. The zero-order valence-electron chi connectivity index (χ0n) is 13.6. The zero-order chi connectivity index (χ0) is 17.7. The van der Waals surface area contributed by atoms with E-state index in [1.165, 1.54) is 18.1 Å². The lowest BCUT2D eigenvalue weighted by Crippen LogP contribution is -2.00. The van der Waals surface area contributed by atoms with Crippen LogP contribution in [-0.4, -0.2) is 11.1 Å². The molecule has 23 heavy (non-hydrogen) atoms. The van der Waals surface area contributed by atoms with Crippen LogP contribution >= 0.6 is 37.2 Å². The van der Waals surface area contributed by atoms with Gasteiger partial charge in [-0.15, -0.1) is 0 Å². The van der Waals surface area contributed by atoms with Crippen LogP contribution in [0.2, 0.25) is 0 Å². The molecule has 1 N–H and O–H groups in total. The molecule has 3 nitrogen and oxygen atoms in total. The summed E-state index contributed by atoms with van der Waals surface area (Å²) in [4.78, 5) is 10.5. The van der Waals surface area contributed by atoms with Crippen molar-refractivity contribution in [1.82, 2.24) is 0 Å². The summed E-state index contributed by atoms with van der Waals surface area (Å²) in [6.45, 7) is 5.57. The molecule has 0 bridgehead atoms. The van der Waals surface area contributed by atoms with Crippen molar-refractivity contribution in [2.45, 2.75) is 33.6 Å². The maximum atomic E-state index is 10.5. The minimum absolute atomic E-state index is 0.278. The summed E-state index contributed by atoms with van der Waals surface area (Å²) in [5.41, 5.74) is 2.50. The average Bonchev–Trinajstić information content (AvgIpc) is 2.58. The minimum atomic E-state index is -0.278. The van der Waals surface area contributed by atoms with E-state index >= 15 is 0 Å². The second-order valence-electron chi connectivity index (χ2n) is 4.61. The van der Waals surface area contributed by atoms with Crippen LogP contribution in [0.25, 0.3) is 0 Å². The highest BCUT2D eigenvalue weighted by atomic mass is 128. The van der Waals surface area contributed by atoms with Gasteiger partial charge in [0.1, 0.15) is 11.5 Å². The molecule has 0 aromatic heterocycles. The minimum Gasteiger partial charge on any atom is -0.508 e. The molecule has 0 saturated carbocycles. The van der Waals surface area contributed by atoms with E-state index < -0.39 is 0 Å². The fraction of sp³-hybridized carbons (Fsp3) is 0.278. The van der Waals surface area contributed by atoms with E-state index in [-0.39, 0.29) is 5.97 Å². The maximum Gasteiger partial charge on any atom is 0.308 e. The number of esters is 1. The van der Waals surface area contributed by atoms with Crippen molar-refractivity contribution >= 4 is 43.2 Å². The Kier molecular flexibility index (Phi) is 13.1. The lowest BCUT2D eigenvalue weighted by atomic mass is 10.2. The lowest BCUT2D eigenvalue weighted by Gasteiger charge is -2.01. The van der Waals surface area contributed by atoms with E-state index in [2.05, 4.69) is 51.1 Å². The first kappa shape index (κ1) is 22.2. The normalized spacial score (nSPS) is 8.91. The number of rotatable bonds is 3. The van der Waals surface area contributed by atoms with E-state index in [1.807, 2.05) is 24.3 Å². The van der Waals surface area contributed by atoms with Crippen LogP contribution in [0.1, 0.15) is 31.9 Å². The highest BCUT2D eigenvalue weighted by Crippen LogP contribution is 2.12. The third kappa shape index (κ3) is 10.5. The molecule has 0 radical (unpaired) electrons. The molecule has 0 unspecified atom stereocenters. The molecule has 0 heterocycles. The summed E-state index contributed by atoms with van der Waals surface area (Å²) in [7, 11) is 0. The summed E-state index contributed by atoms with van der Waals surface area (Å²) >= 11 is 4.24. The Morgan fingerprint density at radius 1 is 0.913 bits per heavy atom. The van der Waals surface area contributed by atoms with Crippen molar-refractivity contribution in [2.75, 3.05) is 0 Å². The van der Waals surface area contributed by atoms with Crippen LogP contribution in [0.15, 0.2) is 48.5 Å². The van der Waals surface area contributed by atoms with Gasteiger partial charge in [0.15, 0.2) is 0 Å². The van der Waals surface area contributed by atoms with E-state index in [0.29, 0.717) is 11.5 Å². The number of hydrogen-bond donors (Lipinski definition) is 1. The third-order valence-corrected chi connectivity index (χ3v) is 2.94. The Labute approximate surface area is 161 Å². The Bertz CT molecular complexity index is 551. The summed E-state index contributed by atoms with van der Waals surface area (Å²) in [6.07, 6.45) is 2.03. The number of phenols is 1. The molecule has 5 heteroatoms. The molecule has 0 amide bonds. The molecule has 2 aromatic carbocycles. The number of carbonyl (C=O) groups excluding carboxylic acids is 1. The molecule has 126 valence electrons. The van der Waals surface area contributed by atoms with E-state index in [4.69, 9.17) is 9.84 Å². The SMILES string of the molecule is CCc1ccc(O)cc1.CCc1ccc(OC(C)=O)cc1.II. The largest absolute Gasteiger partial charge is 0.508 e. The van der Waals surface area contributed by atoms with Gasteiger partial charge in [-0.2, -0.15) is 0 Å². The molecule has 0 saturated heterocycles. The van der Waals surface area contributed by atoms with Crippen LogP contribution in [0.5, 0.6) is 11.5 Å². The monoisotopic (exact) mass is 540 g/mol. The first-order valence-electron chi connectivity index (χ1n) is 7.24. The highest BCUT2D eigenvalue weighted by Gasteiger charge is 1.96. The van der Waals surface area contributed by atoms with Gasteiger partial charge in [0.2, 0.25) is 0 Å². The molecule has 0 atom stereocenters. The third-order valence-electron chi connectivity index (χ3n) is 2.94. The number of halogens is 2. The van der Waals surface area contributed by atoms with Crippen molar-refractivity contribution < 1.29 is 14.6 Å². The smallest absolute Gasteiger partial charge is 0.308 e. The highest BCUT2D eigenvalue weighted by molar-refractivity contribution is 15.0. The fourth-order valence-electron chi connectivity index (χ4n) is 1.69. The Hall–Kier alpha value is -0.830. The van der Waals surface area contributed by atoms with Gasteiger partial charge in [0.25, 0.3) is 0 Å². The van der Waals surface area contributed by atoms with Gasteiger partial charge in [-0.1, -0.05) is 38.1 Å². The second kappa shape index (κ2) is 13.6. The molecule has 0 spiro atoms. The summed E-state index contributed by atoms with van der Waals surface area (Å²) in [6, 6.07) is 14.8. The average molecular weight is 540 g/mol. The first-order chi connectivity index (χ1) is 11.0. The van der Waals surface area contributed by atoms with Crippen molar-refractivity contribution in [1.29, 1.82) is 0 Å². The van der Waals surface area contributed by atoms with Crippen molar-refractivity contribution in [3.63, 3.8) is 0 Å². The molecule has 0 aliphatic rings. The number of ether oxygens (including phenoxy) is 1. The molecule has 0 aliphatic heterocycles. The van der Waals surface area contributed by atoms with E-state index in [9.17, 15) is 4.79 Å². The molecule has 2 rings (SSSR count). The lowest BCUT2D eigenvalue weighted by molar-refractivity contribution is -0.131. The van der Waals surface area contributed by atoms with Crippen LogP contribution in [0.3, 0.4) is 0 Å². The Balaban J connectivity index is 0.000000392. The molecular weight excluding hydrogens is 518 g/mol. The topological polar surface area (TPSA) is 46.5 Å². The first-order valence-corrected chi connectivity index (χ1v) is 13.5. The number of aryl methyl sites for hydroxylation is 2. The Morgan fingerprint density at radius 2 is 1.30 bits per heavy atom. The predicted molar refractivity (Wildman–Crippen MR) is 113 cm³/mol. The van der Waals surface area contributed by atoms with Gasteiger partial charge < -0.3 is 9.84 Å². The van der Waals surface area contributed by atoms with Gasteiger partial charge in [0, 0.05) is 44.2 Å². The molecule has 0 fully saturated rings. The summed E-state index contributed by atoms with van der Waals surface area (Å²) in [5.74, 6) is 0.672. The van der Waals surface area contributed by atoms with Gasteiger partial charge in [-0.3, -0.25) is 4.79 Å². The van der Waals surface area contributed by atoms with Crippen LogP contribution < -0.4 is 4.74 Å². The number of aromatic hydroxyl groups is 1. The molecular formula is C18H22I2O3. The fourth-order valence-corrected chi connectivity index (χ4v) is 1.69. The second-order valence-corrected chi connectivity index (χ2v) is 4.61. The summed E-state index contributed by atoms with van der Waals surface area (Å²) < 4.78 is 4.87. The maximum absolute atomic E-state index is 10.5. The van der Waals surface area contributed by atoms with E-state index in [1.54, 1.807) is 24.3 Å². The van der Waals surface area contributed by atoms with Gasteiger partial charge >= 0.3 is 5.97 Å². The van der Waals surface area contributed by atoms with Crippen LogP contribution in [0.4, 0.5) is 0 Å². The van der Waals surface area contributed by atoms with Crippen molar-refractivity contribution in [3.8, 4) is 11.5 Å². The number of benzene rings is 2. The number of carbonyl (C=O) groups is 1. The van der Waals surface area contributed by atoms with E-state index in [0.717, 1.165) is 12.8 Å². The quantitative estimate of drug-likeness (QED) is 0.300. The van der Waals surface area contributed by atoms with Crippen LogP contribution in [0, 0.1) is 0 Å². The molecule has 0 aliphatic carbocycles. The molecule has 2 aromatic rings. The predicted octanol–water partition coefficient (Wildman–Crippen LogP) is 5.90. The van der Waals surface area contributed by atoms with Gasteiger partial charge in [0.05, 0.1) is 0 Å². The zero-order valence-corrected chi connectivity index (χ0v) is 17.9. The van der Waals surface area contributed by atoms with Crippen molar-refractivity contribution in [3.05, 3.63) is 59.7 Å². The van der Waals surface area contributed by atoms with Crippen molar-refractivity contribution in [2.24, 2.45) is 0 Å². The van der Waals surface area contributed by atoms with Gasteiger partial charge in [-0.25, -0.2) is 0 Å². The summed E-state index contributed by atoms with van der Waals surface area (Å²) in [5, 5.41) is 8.85. The number of hydrogen-bond acceptors (Lipinski definition) is 3. The van der Waals surface area contributed by atoms with Crippen LogP contribution in [-0.2, 0) is 17.6 Å². The van der Waals surface area contributed by atoms with Gasteiger partial charge in [-0.05, 0) is 48.2 Å². The standard InChI is InChI=1S/C10H12O2.C8H10O.I2/c1-3-9-4-6-10(7-5-9)12-8(2)11;1-2-7-3-5-8(9)6-4-7;1-2/h4-7H,3H2,1-2H3;3-6,9H,2H2,1H3;.